The van der Waals surface area contributed by atoms with Crippen molar-refractivity contribution in [3.05, 3.63) is 29.8 Å². The van der Waals surface area contributed by atoms with Gasteiger partial charge in [0.25, 0.3) is 0 Å². The molecule has 0 atom stereocenters. The maximum absolute atomic E-state index is 5.45. The highest BCUT2D eigenvalue weighted by Crippen LogP contribution is 2.45. The SMILES string of the molecule is CCNC(=NCc1ccc(N2CCOCC2)cc1)N1CCC2(CCCC2)C1.I. The number of anilines is 1. The fourth-order valence-electron chi connectivity index (χ4n) is 4.87. The second-order valence-corrected chi connectivity index (χ2v) is 8.31. The average molecular weight is 498 g/mol. The summed E-state index contributed by atoms with van der Waals surface area (Å²) in [5.74, 6) is 1.10. The largest absolute Gasteiger partial charge is 0.378 e. The molecule has 3 fully saturated rings. The molecule has 1 aromatic carbocycles. The molecular weight excluding hydrogens is 463 g/mol. The molecule has 1 saturated carbocycles. The zero-order valence-corrected chi connectivity index (χ0v) is 19.5. The quantitative estimate of drug-likeness (QED) is 0.389. The monoisotopic (exact) mass is 498 g/mol. The van der Waals surface area contributed by atoms with E-state index < -0.39 is 0 Å². The number of hydrogen-bond acceptors (Lipinski definition) is 3. The van der Waals surface area contributed by atoms with E-state index in [1.165, 1.54) is 49.9 Å². The maximum Gasteiger partial charge on any atom is 0.194 e. The Morgan fingerprint density at radius 1 is 1.07 bits per heavy atom. The van der Waals surface area contributed by atoms with E-state index in [0.717, 1.165) is 51.9 Å². The predicted molar refractivity (Wildman–Crippen MR) is 127 cm³/mol. The second-order valence-electron chi connectivity index (χ2n) is 8.31. The van der Waals surface area contributed by atoms with Crippen molar-refractivity contribution >= 4 is 35.6 Å². The number of ether oxygens (including phenoxy) is 1. The summed E-state index contributed by atoms with van der Waals surface area (Å²) in [6.45, 7) is 9.81. The van der Waals surface area contributed by atoms with E-state index in [2.05, 4.69) is 46.3 Å². The van der Waals surface area contributed by atoms with Gasteiger partial charge in [0.1, 0.15) is 0 Å². The van der Waals surface area contributed by atoms with E-state index in [4.69, 9.17) is 9.73 Å². The molecule has 2 saturated heterocycles. The molecule has 2 heterocycles. The molecule has 3 aliphatic rings. The lowest BCUT2D eigenvalue weighted by Gasteiger charge is -2.29. The Hall–Kier alpha value is -1.02. The van der Waals surface area contributed by atoms with E-state index in [1.807, 2.05) is 0 Å². The molecule has 1 aromatic rings. The van der Waals surface area contributed by atoms with E-state index >= 15 is 0 Å². The van der Waals surface area contributed by atoms with Crippen molar-refractivity contribution in [2.24, 2.45) is 10.4 Å². The number of hydrogen-bond donors (Lipinski definition) is 1. The number of rotatable bonds is 4. The van der Waals surface area contributed by atoms with Crippen LogP contribution < -0.4 is 10.2 Å². The van der Waals surface area contributed by atoms with Gasteiger partial charge in [0.05, 0.1) is 19.8 Å². The third-order valence-corrected chi connectivity index (χ3v) is 6.46. The lowest BCUT2D eigenvalue weighted by atomic mass is 9.86. The molecule has 2 aliphatic heterocycles. The topological polar surface area (TPSA) is 40.1 Å². The highest BCUT2D eigenvalue weighted by molar-refractivity contribution is 14.0. The summed E-state index contributed by atoms with van der Waals surface area (Å²) in [4.78, 5) is 9.85. The number of likely N-dealkylation sites (tertiary alicyclic amines) is 1. The van der Waals surface area contributed by atoms with Crippen molar-refractivity contribution < 1.29 is 4.74 Å². The van der Waals surface area contributed by atoms with Crippen LogP contribution in [0.2, 0.25) is 0 Å². The smallest absolute Gasteiger partial charge is 0.194 e. The van der Waals surface area contributed by atoms with Gasteiger partial charge < -0.3 is 19.9 Å². The highest BCUT2D eigenvalue weighted by Gasteiger charge is 2.41. The second kappa shape index (κ2) is 10.1. The number of aliphatic imine (C=N–C) groups is 1. The first-order chi connectivity index (χ1) is 13.3. The minimum atomic E-state index is 0. The normalized spacial score (nSPS) is 21.8. The highest BCUT2D eigenvalue weighted by atomic mass is 127. The van der Waals surface area contributed by atoms with Gasteiger partial charge in [-0.1, -0.05) is 25.0 Å². The van der Waals surface area contributed by atoms with Crippen LogP contribution in [0.25, 0.3) is 0 Å². The summed E-state index contributed by atoms with van der Waals surface area (Å²) >= 11 is 0. The maximum atomic E-state index is 5.45. The molecule has 0 bridgehead atoms. The number of nitrogens with zero attached hydrogens (tertiary/aromatic N) is 3. The molecule has 156 valence electrons. The van der Waals surface area contributed by atoms with Crippen molar-refractivity contribution in [3.63, 3.8) is 0 Å². The molecule has 28 heavy (non-hydrogen) atoms. The first-order valence-corrected chi connectivity index (χ1v) is 10.7. The Labute approximate surface area is 186 Å². The van der Waals surface area contributed by atoms with Crippen molar-refractivity contribution in [3.8, 4) is 0 Å². The summed E-state index contributed by atoms with van der Waals surface area (Å²) in [7, 11) is 0. The van der Waals surface area contributed by atoms with Crippen LogP contribution in [0.15, 0.2) is 29.3 Å². The molecule has 0 amide bonds. The standard InChI is InChI=1S/C22H34N4O.HI/c1-2-23-21(26-12-11-22(18-26)9-3-4-10-22)24-17-19-5-7-20(8-6-19)25-13-15-27-16-14-25;/h5-8H,2-4,9-18H2,1H3,(H,23,24);1H. The molecule has 4 rings (SSSR count). The van der Waals surface area contributed by atoms with Crippen LogP contribution in [0, 0.1) is 5.41 Å². The number of guanidine groups is 1. The third-order valence-electron chi connectivity index (χ3n) is 6.46. The number of morpholine rings is 1. The van der Waals surface area contributed by atoms with E-state index in [0.29, 0.717) is 5.41 Å². The fourth-order valence-corrected chi connectivity index (χ4v) is 4.87. The van der Waals surface area contributed by atoms with Gasteiger partial charge in [0.15, 0.2) is 5.96 Å². The minimum absolute atomic E-state index is 0. The summed E-state index contributed by atoms with van der Waals surface area (Å²) in [5, 5.41) is 3.52. The van der Waals surface area contributed by atoms with Gasteiger partial charge in [-0.3, -0.25) is 0 Å². The van der Waals surface area contributed by atoms with Gasteiger partial charge in [0, 0.05) is 38.4 Å². The number of halogens is 1. The van der Waals surface area contributed by atoms with Gasteiger partial charge in [-0.25, -0.2) is 4.99 Å². The van der Waals surface area contributed by atoms with E-state index in [9.17, 15) is 0 Å². The zero-order chi connectivity index (χ0) is 18.5. The molecule has 6 heteroatoms. The Morgan fingerprint density at radius 2 is 1.79 bits per heavy atom. The summed E-state index contributed by atoms with van der Waals surface area (Å²) < 4.78 is 5.45. The van der Waals surface area contributed by atoms with Crippen LogP contribution in [0.5, 0.6) is 0 Å². The summed E-state index contributed by atoms with van der Waals surface area (Å²) in [5.41, 5.74) is 3.15. The lowest BCUT2D eigenvalue weighted by molar-refractivity contribution is 0.122. The van der Waals surface area contributed by atoms with Crippen LogP contribution in [0.3, 0.4) is 0 Å². The van der Waals surface area contributed by atoms with Crippen LogP contribution in [0.1, 0.15) is 44.6 Å². The first-order valence-electron chi connectivity index (χ1n) is 10.7. The van der Waals surface area contributed by atoms with Crippen molar-refractivity contribution in [1.82, 2.24) is 10.2 Å². The van der Waals surface area contributed by atoms with Gasteiger partial charge >= 0.3 is 0 Å². The Kier molecular flexibility index (Phi) is 7.85. The van der Waals surface area contributed by atoms with Crippen molar-refractivity contribution in [2.75, 3.05) is 50.8 Å². The molecular formula is C22H35IN4O. The van der Waals surface area contributed by atoms with Crippen LogP contribution >= 0.6 is 24.0 Å². The third kappa shape index (κ3) is 5.12. The lowest BCUT2D eigenvalue weighted by Crippen LogP contribution is -2.41. The Bertz CT molecular complexity index is 636. The summed E-state index contributed by atoms with van der Waals surface area (Å²) in [6.07, 6.45) is 6.98. The molecule has 0 aromatic heterocycles. The summed E-state index contributed by atoms with van der Waals surface area (Å²) in [6, 6.07) is 8.90. The molecule has 0 unspecified atom stereocenters. The van der Waals surface area contributed by atoms with Crippen molar-refractivity contribution in [1.29, 1.82) is 0 Å². The molecule has 5 nitrogen and oxygen atoms in total. The molecule has 1 N–H and O–H groups in total. The minimum Gasteiger partial charge on any atom is -0.378 e. The van der Waals surface area contributed by atoms with Crippen LogP contribution in [-0.2, 0) is 11.3 Å². The van der Waals surface area contributed by atoms with Gasteiger partial charge in [-0.05, 0) is 49.3 Å². The molecule has 0 radical (unpaired) electrons. The Morgan fingerprint density at radius 3 is 2.46 bits per heavy atom. The van der Waals surface area contributed by atoms with Crippen molar-refractivity contribution in [2.45, 2.75) is 45.6 Å². The predicted octanol–water partition coefficient (Wildman–Crippen LogP) is 3.87. The van der Waals surface area contributed by atoms with Gasteiger partial charge in [-0.15, -0.1) is 24.0 Å². The van der Waals surface area contributed by atoms with E-state index in [-0.39, 0.29) is 24.0 Å². The van der Waals surface area contributed by atoms with Gasteiger partial charge in [-0.2, -0.15) is 0 Å². The number of benzene rings is 1. The molecule has 1 spiro atoms. The van der Waals surface area contributed by atoms with E-state index in [1.54, 1.807) is 0 Å². The fraction of sp³-hybridized carbons (Fsp3) is 0.682. The first kappa shape index (κ1) is 21.7. The Balaban J connectivity index is 0.00000225. The zero-order valence-electron chi connectivity index (χ0n) is 17.2. The van der Waals surface area contributed by atoms with Gasteiger partial charge in [0.2, 0.25) is 0 Å². The molecule has 1 aliphatic carbocycles. The van der Waals surface area contributed by atoms with Crippen LogP contribution in [-0.4, -0.2) is 56.8 Å². The number of nitrogens with one attached hydrogen (secondary N) is 1. The average Bonchev–Trinajstić information content (AvgIpc) is 3.36. The van der Waals surface area contributed by atoms with Crippen LogP contribution in [0.4, 0.5) is 5.69 Å².